The molecule has 1 saturated heterocycles. The van der Waals surface area contributed by atoms with Crippen molar-refractivity contribution in [3.8, 4) is 0 Å². The summed E-state index contributed by atoms with van der Waals surface area (Å²) in [5.74, 6) is 0.900. The number of hydrogen-bond donors (Lipinski definition) is 2. The molecule has 3 rings (SSSR count). The summed E-state index contributed by atoms with van der Waals surface area (Å²) in [7, 11) is -3.18. The topological polar surface area (TPSA) is 78.5 Å². The van der Waals surface area contributed by atoms with E-state index in [0.29, 0.717) is 19.0 Å². The van der Waals surface area contributed by atoms with E-state index < -0.39 is 10.0 Å². The summed E-state index contributed by atoms with van der Waals surface area (Å²) >= 11 is 0. The Morgan fingerprint density at radius 2 is 1.96 bits per heavy atom. The number of amides is 2. The summed E-state index contributed by atoms with van der Waals surface area (Å²) in [4.78, 5) is 14.7. The molecule has 2 N–H and O–H groups in total. The summed E-state index contributed by atoms with van der Waals surface area (Å²) in [6, 6.07) is 0.280. The molecule has 3 aliphatic rings. The number of piperidine rings is 1. The van der Waals surface area contributed by atoms with Gasteiger partial charge in [0, 0.05) is 25.7 Å². The van der Waals surface area contributed by atoms with Gasteiger partial charge in [0.05, 0.1) is 6.26 Å². The summed E-state index contributed by atoms with van der Waals surface area (Å²) in [6.07, 6.45) is 6.62. The van der Waals surface area contributed by atoms with Gasteiger partial charge in [0.1, 0.15) is 0 Å². The van der Waals surface area contributed by atoms with Crippen LogP contribution < -0.4 is 10.0 Å². The van der Waals surface area contributed by atoms with Gasteiger partial charge in [0.15, 0.2) is 0 Å². The number of rotatable bonds is 4. The van der Waals surface area contributed by atoms with Gasteiger partial charge in [-0.05, 0) is 54.8 Å². The lowest BCUT2D eigenvalue weighted by molar-refractivity contribution is 0.112. The Balaban J connectivity index is 1.57. The predicted molar refractivity (Wildman–Crippen MR) is 98.7 cm³/mol. The van der Waals surface area contributed by atoms with E-state index in [1.807, 2.05) is 4.90 Å². The number of likely N-dealkylation sites (tertiary alicyclic amines) is 1. The van der Waals surface area contributed by atoms with Gasteiger partial charge in [-0.2, -0.15) is 0 Å². The Kier molecular flexibility index (Phi) is 4.86. The molecule has 144 valence electrons. The molecule has 0 aromatic carbocycles. The van der Waals surface area contributed by atoms with Crippen molar-refractivity contribution in [2.24, 2.45) is 22.7 Å². The molecule has 2 amide bonds. The number of carbonyl (C=O) groups excluding carboxylic acids is 1. The fourth-order valence-electron chi connectivity index (χ4n) is 5.35. The number of hydrogen-bond acceptors (Lipinski definition) is 3. The first-order chi connectivity index (χ1) is 11.5. The first-order valence-electron chi connectivity index (χ1n) is 9.53. The summed E-state index contributed by atoms with van der Waals surface area (Å²) in [5, 5.41) is 3.32. The fraction of sp³-hybridized carbons (Fsp3) is 0.944. The van der Waals surface area contributed by atoms with Crippen LogP contribution in [0.3, 0.4) is 0 Å². The Morgan fingerprint density at radius 1 is 1.24 bits per heavy atom. The van der Waals surface area contributed by atoms with E-state index in [2.05, 4.69) is 30.8 Å². The third-order valence-electron chi connectivity index (χ3n) is 7.53. The van der Waals surface area contributed by atoms with Crippen LogP contribution in [0.25, 0.3) is 0 Å². The SMILES string of the molecule is CC1(C)C2CCC1(C)C(NC(=O)N1CCCC(CNS(C)(=O)=O)C1)C2. The maximum atomic E-state index is 12.8. The van der Waals surface area contributed by atoms with Gasteiger partial charge in [-0.1, -0.05) is 20.8 Å². The number of nitrogens with one attached hydrogen (secondary N) is 2. The maximum absolute atomic E-state index is 12.8. The van der Waals surface area contributed by atoms with Crippen molar-refractivity contribution in [3.63, 3.8) is 0 Å². The first-order valence-corrected chi connectivity index (χ1v) is 11.4. The van der Waals surface area contributed by atoms with E-state index in [4.69, 9.17) is 0 Å². The third-order valence-corrected chi connectivity index (χ3v) is 8.22. The van der Waals surface area contributed by atoms with E-state index >= 15 is 0 Å². The van der Waals surface area contributed by atoms with E-state index in [9.17, 15) is 13.2 Å². The van der Waals surface area contributed by atoms with Crippen LogP contribution >= 0.6 is 0 Å². The number of sulfonamides is 1. The van der Waals surface area contributed by atoms with Crippen LogP contribution in [0.2, 0.25) is 0 Å². The molecule has 1 aliphatic heterocycles. The highest BCUT2D eigenvalue weighted by molar-refractivity contribution is 7.88. The smallest absolute Gasteiger partial charge is 0.317 e. The van der Waals surface area contributed by atoms with Gasteiger partial charge in [-0.15, -0.1) is 0 Å². The molecule has 2 saturated carbocycles. The normalized spacial score (nSPS) is 37.3. The highest BCUT2D eigenvalue weighted by Crippen LogP contribution is 2.65. The van der Waals surface area contributed by atoms with Crippen molar-refractivity contribution in [2.45, 2.75) is 58.9 Å². The number of fused-ring (bicyclic) bond motifs is 2. The molecule has 0 spiro atoms. The Bertz CT molecular complexity index is 633. The standard InChI is InChI=1S/C18H33N3O3S/c1-17(2)14-7-8-18(17,3)15(10-14)20-16(22)21-9-5-6-13(12-21)11-19-25(4,23)24/h13-15,19H,5-12H2,1-4H3,(H,20,22). The van der Waals surface area contributed by atoms with Crippen LogP contribution in [0.15, 0.2) is 0 Å². The van der Waals surface area contributed by atoms with Crippen LogP contribution in [-0.4, -0.2) is 51.3 Å². The highest BCUT2D eigenvalue weighted by atomic mass is 32.2. The lowest BCUT2D eigenvalue weighted by atomic mass is 9.69. The van der Waals surface area contributed by atoms with E-state index in [1.54, 1.807) is 0 Å². The molecule has 0 aromatic heterocycles. The minimum absolute atomic E-state index is 0.0265. The molecule has 2 aliphatic carbocycles. The number of urea groups is 1. The second kappa shape index (κ2) is 6.41. The molecule has 4 unspecified atom stereocenters. The summed E-state index contributed by atoms with van der Waals surface area (Å²) in [5.41, 5.74) is 0.467. The first kappa shape index (κ1) is 19.0. The van der Waals surface area contributed by atoms with Gasteiger partial charge in [-0.25, -0.2) is 17.9 Å². The molecule has 7 heteroatoms. The van der Waals surface area contributed by atoms with E-state index in [-0.39, 0.29) is 28.8 Å². The van der Waals surface area contributed by atoms with Crippen LogP contribution in [0, 0.1) is 22.7 Å². The number of carbonyl (C=O) groups is 1. The van der Waals surface area contributed by atoms with Crippen molar-refractivity contribution >= 4 is 16.1 Å². The lowest BCUT2D eigenvalue weighted by Gasteiger charge is -2.41. The molecule has 1 heterocycles. The highest BCUT2D eigenvalue weighted by Gasteiger charge is 2.61. The predicted octanol–water partition coefficient (Wildman–Crippen LogP) is 2.17. The van der Waals surface area contributed by atoms with Crippen molar-refractivity contribution in [1.82, 2.24) is 14.9 Å². The average Bonchev–Trinajstić information content (AvgIpc) is 2.86. The minimum atomic E-state index is -3.18. The zero-order valence-electron chi connectivity index (χ0n) is 16.0. The van der Waals surface area contributed by atoms with E-state index in [0.717, 1.165) is 25.8 Å². The molecular formula is C18H33N3O3S. The van der Waals surface area contributed by atoms with Crippen LogP contribution in [0.5, 0.6) is 0 Å². The van der Waals surface area contributed by atoms with Gasteiger partial charge in [0.25, 0.3) is 0 Å². The maximum Gasteiger partial charge on any atom is 0.317 e. The summed E-state index contributed by atoms with van der Waals surface area (Å²) in [6.45, 7) is 8.84. The molecule has 2 bridgehead atoms. The zero-order chi connectivity index (χ0) is 18.5. The van der Waals surface area contributed by atoms with Crippen molar-refractivity contribution in [1.29, 1.82) is 0 Å². The zero-order valence-corrected chi connectivity index (χ0v) is 16.8. The van der Waals surface area contributed by atoms with Gasteiger partial charge >= 0.3 is 6.03 Å². The molecular weight excluding hydrogens is 338 g/mol. The molecule has 0 radical (unpaired) electrons. The summed E-state index contributed by atoms with van der Waals surface area (Å²) < 4.78 is 25.1. The Hall–Kier alpha value is -0.820. The third kappa shape index (κ3) is 3.54. The molecule has 4 atom stereocenters. The number of nitrogens with zero attached hydrogens (tertiary/aromatic N) is 1. The average molecular weight is 372 g/mol. The van der Waals surface area contributed by atoms with Gasteiger partial charge in [0.2, 0.25) is 10.0 Å². The monoisotopic (exact) mass is 371 g/mol. The van der Waals surface area contributed by atoms with Crippen LogP contribution in [0.4, 0.5) is 4.79 Å². The molecule has 25 heavy (non-hydrogen) atoms. The Morgan fingerprint density at radius 3 is 2.52 bits per heavy atom. The Labute approximate surface area is 152 Å². The molecule has 6 nitrogen and oxygen atoms in total. The lowest BCUT2D eigenvalue weighted by Crippen LogP contribution is -2.53. The fourth-order valence-corrected chi connectivity index (χ4v) is 5.89. The van der Waals surface area contributed by atoms with Crippen LogP contribution in [0.1, 0.15) is 52.9 Å². The quantitative estimate of drug-likeness (QED) is 0.795. The van der Waals surface area contributed by atoms with Crippen molar-refractivity contribution in [3.05, 3.63) is 0 Å². The van der Waals surface area contributed by atoms with Crippen LogP contribution in [-0.2, 0) is 10.0 Å². The van der Waals surface area contributed by atoms with Gasteiger partial charge < -0.3 is 10.2 Å². The largest absolute Gasteiger partial charge is 0.335 e. The second-order valence-corrected chi connectivity index (χ2v) is 11.0. The van der Waals surface area contributed by atoms with E-state index in [1.165, 1.54) is 19.1 Å². The molecule has 3 fully saturated rings. The van der Waals surface area contributed by atoms with Gasteiger partial charge in [-0.3, -0.25) is 0 Å². The molecule has 0 aromatic rings. The van der Waals surface area contributed by atoms with Crippen molar-refractivity contribution in [2.75, 3.05) is 25.9 Å². The minimum Gasteiger partial charge on any atom is -0.335 e. The second-order valence-electron chi connectivity index (χ2n) is 9.19. The van der Waals surface area contributed by atoms with Crippen molar-refractivity contribution < 1.29 is 13.2 Å².